The highest BCUT2D eigenvalue weighted by Crippen LogP contribution is 2.21. The molecule has 0 aliphatic carbocycles. The second-order valence-electron chi connectivity index (χ2n) is 6.99. The maximum absolute atomic E-state index is 12.4. The van der Waals surface area contributed by atoms with Crippen LogP contribution in [0.2, 0.25) is 0 Å². The van der Waals surface area contributed by atoms with Gasteiger partial charge in [-0.3, -0.25) is 9.59 Å². The SMILES string of the molecule is CC[C@@H](C)Oc1cccc(-c2nnc(CCC(=O)NCCc3cccs3)c(=O)[nH]2)c1. The third-order valence-corrected chi connectivity index (χ3v) is 5.58. The number of benzene rings is 1. The van der Waals surface area contributed by atoms with Gasteiger partial charge in [-0.25, -0.2) is 0 Å². The lowest BCUT2D eigenvalue weighted by atomic mass is 10.2. The number of hydrogen-bond donors (Lipinski definition) is 2. The van der Waals surface area contributed by atoms with Gasteiger partial charge >= 0.3 is 0 Å². The first-order valence-electron chi connectivity index (χ1n) is 10.1. The smallest absolute Gasteiger partial charge is 0.273 e. The summed E-state index contributed by atoms with van der Waals surface area (Å²) in [6, 6.07) is 11.4. The van der Waals surface area contributed by atoms with E-state index in [1.165, 1.54) is 4.88 Å². The van der Waals surface area contributed by atoms with Gasteiger partial charge in [0.25, 0.3) is 5.56 Å². The highest BCUT2D eigenvalue weighted by atomic mass is 32.1. The summed E-state index contributed by atoms with van der Waals surface area (Å²) in [5.74, 6) is 0.985. The Hall–Kier alpha value is -3.00. The van der Waals surface area contributed by atoms with Crippen molar-refractivity contribution < 1.29 is 9.53 Å². The van der Waals surface area contributed by atoms with Crippen LogP contribution in [-0.2, 0) is 17.6 Å². The lowest BCUT2D eigenvalue weighted by Crippen LogP contribution is -2.27. The number of carbonyl (C=O) groups excluding carboxylic acids is 1. The molecule has 0 saturated carbocycles. The van der Waals surface area contributed by atoms with Crippen molar-refractivity contribution in [3.05, 3.63) is 62.7 Å². The molecular weight excluding hydrogens is 400 g/mol. The lowest BCUT2D eigenvalue weighted by molar-refractivity contribution is -0.121. The monoisotopic (exact) mass is 426 g/mol. The first-order valence-corrected chi connectivity index (χ1v) is 10.9. The normalized spacial score (nSPS) is 11.8. The third-order valence-electron chi connectivity index (χ3n) is 4.65. The minimum absolute atomic E-state index is 0.101. The van der Waals surface area contributed by atoms with Gasteiger partial charge in [-0.1, -0.05) is 25.1 Å². The van der Waals surface area contributed by atoms with Crippen LogP contribution in [0.25, 0.3) is 11.4 Å². The largest absolute Gasteiger partial charge is 0.491 e. The molecule has 8 heteroatoms. The van der Waals surface area contributed by atoms with Gasteiger partial charge in [0, 0.05) is 29.8 Å². The number of nitrogens with one attached hydrogen (secondary N) is 2. The molecule has 0 fully saturated rings. The molecule has 7 nitrogen and oxygen atoms in total. The van der Waals surface area contributed by atoms with E-state index >= 15 is 0 Å². The Labute approximate surface area is 179 Å². The van der Waals surface area contributed by atoms with Crippen LogP contribution >= 0.6 is 11.3 Å². The van der Waals surface area contributed by atoms with Crippen LogP contribution < -0.4 is 15.6 Å². The minimum Gasteiger partial charge on any atom is -0.491 e. The summed E-state index contributed by atoms with van der Waals surface area (Å²) < 4.78 is 5.82. The van der Waals surface area contributed by atoms with Crippen molar-refractivity contribution in [1.82, 2.24) is 20.5 Å². The Bertz CT molecular complexity index is 1020. The van der Waals surface area contributed by atoms with Crippen LogP contribution in [0.5, 0.6) is 5.75 Å². The van der Waals surface area contributed by atoms with Crippen molar-refractivity contribution in [3.8, 4) is 17.1 Å². The van der Waals surface area contributed by atoms with Gasteiger partial charge in [0.2, 0.25) is 5.91 Å². The Balaban J connectivity index is 1.55. The van der Waals surface area contributed by atoms with Crippen LogP contribution in [0.3, 0.4) is 0 Å². The van der Waals surface area contributed by atoms with E-state index in [0.29, 0.717) is 18.1 Å². The van der Waals surface area contributed by atoms with Crippen molar-refractivity contribution in [2.24, 2.45) is 0 Å². The molecule has 2 N–H and O–H groups in total. The summed E-state index contributed by atoms with van der Waals surface area (Å²) in [5, 5.41) is 13.1. The van der Waals surface area contributed by atoms with Crippen LogP contribution in [0.15, 0.2) is 46.6 Å². The van der Waals surface area contributed by atoms with E-state index in [9.17, 15) is 9.59 Å². The maximum Gasteiger partial charge on any atom is 0.273 e. The number of thiophene rings is 1. The number of H-pyrrole nitrogens is 1. The molecule has 1 amide bonds. The van der Waals surface area contributed by atoms with Crippen LogP contribution in [0.1, 0.15) is 37.3 Å². The molecule has 0 unspecified atom stereocenters. The van der Waals surface area contributed by atoms with Gasteiger partial charge in [0.15, 0.2) is 5.82 Å². The van der Waals surface area contributed by atoms with Crippen LogP contribution in [0.4, 0.5) is 0 Å². The number of aryl methyl sites for hydroxylation is 1. The fourth-order valence-electron chi connectivity index (χ4n) is 2.79. The number of aromatic amines is 1. The van der Waals surface area contributed by atoms with Gasteiger partial charge in [0.05, 0.1) is 6.10 Å². The molecule has 3 aromatic rings. The van der Waals surface area contributed by atoms with Crippen molar-refractivity contribution in [3.63, 3.8) is 0 Å². The van der Waals surface area contributed by atoms with E-state index in [0.717, 1.165) is 18.4 Å². The van der Waals surface area contributed by atoms with Gasteiger partial charge < -0.3 is 15.0 Å². The predicted octanol–water partition coefficient (Wildman–Crippen LogP) is 3.36. The van der Waals surface area contributed by atoms with Crippen molar-refractivity contribution >= 4 is 17.2 Å². The number of carbonyl (C=O) groups is 1. The number of nitrogens with zero attached hydrogens (tertiary/aromatic N) is 2. The van der Waals surface area contributed by atoms with Gasteiger partial charge in [-0.05, 0) is 43.3 Å². The summed E-state index contributed by atoms with van der Waals surface area (Å²) in [5.41, 5.74) is 0.636. The third kappa shape index (κ3) is 6.25. The first-order chi connectivity index (χ1) is 14.5. The second-order valence-corrected chi connectivity index (χ2v) is 8.03. The molecule has 0 aliphatic rings. The highest BCUT2D eigenvalue weighted by molar-refractivity contribution is 7.09. The van der Waals surface area contributed by atoms with E-state index in [-0.39, 0.29) is 36.1 Å². The maximum atomic E-state index is 12.4. The van der Waals surface area contributed by atoms with E-state index < -0.39 is 0 Å². The van der Waals surface area contributed by atoms with Gasteiger partial charge in [0.1, 0.15) is 11.4 Å². The van der Waals surface area contributed by atoms with Gasteiger partial charge in [-0.15, -0.1) is 21.5 Å². The molecule has 2 heterocycles. The molecule has 0 aliphatic heterocycles. The summed E-state index contributed by atoms with van der Waals surface area (Å²) in [4.78, 5) is 28.4. The summed E-state index contributed by atoms with van der Waals surface area (Å²) in [6.07, 6.45) is 2.24. The molecule has 1 atom stereocenters. The Morgan fingerprint density at radius 2 is 2.10 bits per heavy atom. The number of amides is 1. The molecule has 158 valence electrons. The fourth-order valence-corrected chi connectivity index (χ4v) is 3.50. The summed E-state index contributed by atoms with van der Waals surface area (Å²) in [6.45, 7) is 4.64. The lowest BCUT2D eigenvalue weighted by Gasteiger charge is -2.13. The van der Waals surface area contributed by atoms with Crippen molar-refractivity contribution in [2.75, 3.05) is 6.54 Å². The Kier molecular flexibility index (Phi) is 7.73. The van der Waals surface area contributed by atoms with E-state index in [4.69, 9.17) is 4.74 Å². The van der Waals surface area contributed by atoms with Crippen molar-refractivity contribution in [1.29, 1.82) is 0 Å². The van der Waals surface area contributed by atoms with E-state index in [2.05, 4.69) is 27.4 Å². The summed E-state index contributed by atoms with van der Waals surface area (Å²) in [7, 11) is 0. The average Bonchev–Trinajstić information content (AvgIpc) is 3.26. The number of hydrogen-bond acceptors (Lipinski definition) is 6. The summed E-state index contributed by atoms with van der Waals surface area (Å²) >= 11 is 1.67. The quantitative estimate of drug-likeness (QED) is 0.518. The molecule has 30 heavy (non-hydrogen) atoms. The number of rotatable bonds is 10. The van der Waals surface area contributed by atoms with E-state index in [1.807, 2.05) is 48.7 Å². The predicted molar refractivity (Wildman–Crippen MR) is 118 cm³/mol. The first kappa shape index (κ1) is 21.7. The Morgan fingerprint density at radius 3 is 2.83 bits per heavy atom. The molecule has 0 bridgehead atoms. The molecular formula is C22H26N4O3S. The Morgan fingerprint density at radius 1 is 1.23 bits per heavy atom. The molecule has 0 saturated heterocycles. The number of aromatic nitrogens is 3. The van der Waals surface area contributed by atoms with Crippen LogP contribution in [0, 0.1) is 0 Å². The van der Waals surface area contributed by atoms with Crippen LogP contribution in [-0.4, -0.2) is 33.7 Å². The zero-order valence-electron chi connectivity index (χ0n) is 17.2. The zero-order chi connectivity index (χ0) is 21.3. The molecule has 2 aromatic heterocycles. The zero-order valence-corrected chi connectivity index (χ0v) is 18.0. The standard InChI is InChI=1S/C22H26N4O3S/c1-3-15(2)29-17-7-4-6-16(14-17)21-24-22(28)19(25-26-21)9-10-20(27)23-12-11-18-8-5-13-30-18/h4-8,13-15H,3,9-12H2,1-2H3,(H,23,27)(H,24,26,28)/t15-/m1/s1. The van der Waals surface area contributed by atoms with Gasteiger partial charge in [-0.2, -0.15) is 0 Å². The highest BCUT2D eigenvalue weighted by Gasteiger charge is 2.11. The average molecular weight is 427 g/mol. The van der Waals surface area contributed by atoms with Crippen molar-refractivity contribution in [2.45, 2.75) is 45.6 Å². The minimum atomic E-state index is -0.334. The molecule has 0 radical (unpaired) electrons. The number of ether oxygens (including phenoxy) is 1. The molecule has 3 rings (SSSR count). The topological polar surface area (TPSA) is 97.0 Å². The van der Waals surface area contributed by atoms with E-state index in [1.54, 1.807) is 11.3 Å². The molecule has 1 aromatic carbocycles. The fraction of sp³-hybridized carbons (Fsp3) is 0.364. The molecule has 0 spiro atoms. The second kappa shape index (κ2) is 10.7.